The van der Waals surface area contributed by atoms with E-state index in [1.54, 1.807) is 35.0 Å². The summed E-state index contributed by atoms with van der Waals surface area (Å²) in [6, 6.07) is 10.5. The third-order valence-corrected chi connectivity index (χ3v) is 5.27. The number of halogens is 3. The Balaban J connectivity index is 1.84. The molecule has 3 heterocycles. The summed E-state index contributed by atoms with van der Waals surface area (Å²) >= 11 is 6.65. The molecule has 1 aliphatic rings. The minimum Gasteiger partial charge on any atom is -0.495 e. The Morgan fingerprint density at radius 2 is 1.77 bits per heavy atom. The normalized spacial score (nSPS) is 12.6. The second kappa shape index (κ2) is 7.51. The first-order valence-electron chi connectivity index (χ1n) is 9.18. The van der Waals surface area contributed by atoms with Gasteiger partial charge < -0.3 is 4.74 Å². The minimum absolute atomic E-state index is 0.0176. The number of fused-ring (bicyclic) bond motifs is 3. The van der Waals surface area contributed by atoms with Gasteiger partial charge in [0.1, 0.15) is 29.6 Å². The Kier molecular flexibility index (Phi) is 4.67. The zero-order valence-corrected chi connectivity index (χ0v) is 16.8. The molecular weight excluding hydrogens is 426 g/mol. The molecular formula is C21H13ClF2N6O. The largest absolute Gasteiger partial charge is 0.495 e. The van der Waals surface area contributed by atoms with Gasteiger partial charge in [-0.1, -0.05) is 17.7 Å². The van der Waals surface area contributed by atoms with Crippen LogP contribution in [0.3, 0.4) is 0 Å². The van der Waals surface area contributed by atoms with Gasteiger partial charge >= 0.3 is 0 Å². The maximum Gasteiger partial charge on any atom is 0.189 e. The molecule has 2 aromatic heterocycles. The predicted octanol–water partition coefficient (Wildman–Crippen LogP) is 4.02. The molecule has 0 N–H and O–H groups in total. The van der Waals surface area contributed by atoms with Gasteiger partial charge in [0.15, 0.2) is 11.6 Å². The van der Waals surface area contributed by atoms with E-state index in [9.17, 15) is 8.78 Å². The van der Waals surface area contributed by atoms with E-state index in [4.69, 9.17) is 16.3 Å². The zero-order valence-electron chi connectivity index (χ0n) is 16.1. The van der Waals surface area contributed by atoms with Gasteiger partial charge in [-0.2, -0.15) is 5.10 Å². The summed E-state index contributed by atoms with van der Waals surface area (Å²) < 4.78 is 36.5. The van der Waals surface area contributed by atoms with Crippen LogP contribution in [0.4, 0.5) is 8.78 Å². The lowest BCUT2D eigenvalue weighted by atomic mass is 9.98. The summed E-state index contributed by atoms with van der Waals surface area (Å²) in [6.07, 6.45) is 1.54. The van der Waals surface area contributed by atoms with Crippen LogP contribution in [0.25, 0.3) is 17.2 Å². The van der Waals surface area contributed by atoms with Crippen LogP contribution >= 0.6 is 11.6 Å². The first kappa shape index (κ1) is 19.3. The number of nitrogens with zero attached hydrogens (tertiary/aromatic N) is 6. The third kappa shape index (κ3) is 3.05. The number of hydrogen-bond donors (Lipinski definition) is 0. The van der Waals surface area contributed by atoms with Crippen LogP contribution in [-0.2, 0) is 6.54 Å². The van der Waals surface area contributed by atoms with Gasteiger partial charge in [0.05, 0.1) is 29.1 Å². The fraction of sp³-hybridized carbons (Fsp3) is 0.0952. The van der Waals surface area contributed by atoms with E-state index in [0.717, 1.165) is 0 Å². The fourth-order valence-corrected chi connectivity index (χ4v) is 3.86. The van der Waals surface area contributed by atoms with Gasteiger partial charge in [0.25, 0.3) is 0 Å². The van der Waals surface area contributed by atoms with Crippen molar-refractivity contribution in [3.63, 3.8) is 0 Å². The van der Waals surface area contributed by atoms with E-state index in [0.29, 0.717) is 34.3 Å². The summed E-state index contributed by atoms with van der Waals surface area (Å²) in [5.74, 6) is -0.320. The zero-order chi connectivity index (χ0) is 21.5. The number of rotatable bonds is 3. The Hall–Kier alpha value is -3.72. The van der Waals surface area contributed by atoms with Crippen molar-refractivity contribution in [3.8, 4) is 23.0 Å². The Morgan fingerprint density at radius 1 is 0.968 bits per heavy atom. The van der Waals surface area contributed by atoms with E-state index >= 15 is 0 Å². The van der Waals surface area contributed by atoms with Gasteiger partial charge in [0, 0.05) is 11.8 Å². The summed E-state index contributed by atoms with van der Waals surface area (Å²) in [4.78, 5) is 4.48. The molecule has 154 valence electrons. The Morgan fingerprint density at radius 3 is 2.48 bits per heavy atom. The molecule has 0 spiro atoms. The van der Waals surface area contributed by atoms with Gasteiger partial charge in [0.2, 0.25) is 0 Å². The summed E-state index contributed by atoms with van der Waals surface area (Å²) in [5.41, 5.74) is 1.04. The van der Waals surface area contributed by atoms with Crippen molar-refractivity contribution in [2.75, 3.05) is 7.11 Å². The third-order valence-electron chi connectivity index (χ3n) is 4.89. The molecule has 0 fully saturated rings. The highest BCUT2D eigenvalue weighted by atomic mass is 35.5. The first-order valence-corrected chi connectivity index (χ1v) is 9.56. The molecule has 0 radical (unpaired) electrons. The summed E-state index contributed by atoms with van der Waals surface area (Å²) in [7, 11) is 1.46. The van der Waals surface area contributed by atoms with E-state index in [1.165, 1.54) is 25.3 Å². The number of methoxy groups -OCH3 is 1. The molecule has 0 atom stereocenters. The van der Waals surface area contributed by atoms with Gasteiger partial charge in [-0.05, 0) is 36.4 Å². The Labute approximate surface area is 180 Å². The van der Waals surface area contributed by atoms with Crippen molar-refractivity contribution >= 4 is 17.3 Å². The molecule has 10 heteroatoms. The Bertz CT molecular complexity index is 1320. The van der Waals surface area contributed by atoms with Crippen molar-refractivity contribution in [2.45, 2.75) is 6.54 Å². The average molecular weight is 439 g/mol. The molecule has 4 aromatic rings. The van der Waals surface area contributed by atoms with E-state index < -0.39 is 11.6 Å². The van der Waals surface area contributed by atoms with Gasteiger partial charge in [-0.15, -0.1) is 15.3 Å². The summed E-state index contributed by atoms with van der Waals surface area (Å²) in [6.45, 7) is 0.0176. The molecule has 0 aliphatic carbocycles. The van der Waals surface area contributed by atoms with Gasteiger partial charge in [-0.3, -0.25) is 9.56 Å². The van der Waals surface area contributed by atoms with Crippen molar-refractivity contribution in [2.24, 2.45) is 4.99 Å². The molecule has 0 saturated carbocycles. The standard InChI is InChI=1S/C21H13ClF2N6O/c1-31-15-8-7-14-18(19(15)22)20(17-11(23)4-2-5-12(17)24)25-10-16-28-29-21(30(14)16)13-6-3-9-26-27-13/h2-9H,10H2,1H3. The molecule has 1 aliphatic heterocycles. The average Bonchev–Trinajstić information content (AvgIpc) is 3.13. The second-order valence-electron chi connectivity index (χ2n) is 6.62. The van der Waals surface area contributed by atoms with Gasteiger partial charge in [-0.25, -0.2) is 8.78 Å². The minimum atomic E-state index is -0.754. The summed E-state index contributed by atoms with van der Waals surface area (Å²) in [5, 5.41) is 16.6. The molecule has 0 amide bonds. The number of ether oxygens (including phenoxy) is 1. The highest BCUT2D eigenvalue weighted by molar-refractivity contribution is 6.37. The fourth-order valence-electron chi connectivity index (χ4n) is 3.53. The van der Waals surface area contributed by atoms with Crippen LogP contribution in [0, 0.1) is 11.6 Å². The number of benzene rings is 2. The van der Waals surface area contributed by atoms with Crippen LogP contribution in [0.2, 0.25) is 5.02 Å². The number of aromatic nitrogens is 5. The lowest BCUT2D eigenvalue weighted by Gasteiger charge is -2.17. The first-order chi connectivity index (χ1) is 15.1. The van der Waals surface area contributed by atoms with Crippen molar-refractivity contribution < 1.29 is 13.5 Å². The maximum atomic E-state index is 14.7. The molecule has 7 nitrogen and oxygen atoms in total. The molecule has 0 bridgehead atoms. The van der Waals surface area contributed by atoms with E-state index in [2.05, 4.69) is 25.4 Å². The highest BCUT2D eigenvalue weighted by Gasteiger charge is 2.30. The number of aliphatic imine (C=N–C) groups is 1. The smallest absolute Gasteiger partial charge is 0.189 e. The molecule has 2 aromatic carbocycles. The second-order valence-corrected chi connectivity index (χ2v) is 7.00. The SMILES string of the molecule is COc1ccc2c(c1Cl)C(c1c(F)cccc1F)=NCc1nnc(-c3cccnn3)n1-2. The monoisotopic (exact) mass is 438 g/mol. The lowest BCUT2D eigenvalue weighted by molar-refractivity contribution is 0.415. The van der Waals surface area contributed by atoms with E-state index in [1.807, 2.05) is 0 Å². The molecule has 5 rings (SSSR count). The predicted molar refractivity (Wildman–Crippen MR) is 110 cm³/mol. The maximum absolute atomic E-state index is 14.7. The quantitative estimate of drug-likeness (QED) is 0.483. The molecule has 0 unspecified atom stereocenters. The molecule has 31 heavy (non-hydrogen) atoms. The van der Waals surface area contributed by atoms with Crippen molar-refractivity contribution in [1.29, 1.82) is 0 Å². The van der Waals surface area contributed by atoms with Crippen LogP contribution < -0.4 is 4.74 Å². The van der Waals surface area contributed by atoms with Crippen molar-refractivity contribution in [3.05, 3.63) is 82.3 Å². The van der Waals surface area contributed by atoms with Crippen molar-refractivity contribution in [1.82, 2.24) is 25.0 Å². The van der Waals surface area contributed by atoms with E-state index in [-0.39, 0.29) is 22.8 Å². The highest BCUT2D eigenvalue weighted by Crippen LogP contribution is 2.38. The molecule has 0 saturated heterocycles. The topological polar surface area (TPSA) is 78.1 Å². The van der Waals surface area contributed by atoms with Crippen LogP contribution in [0.1, 0.15) is 17.0 Å². The lowest BCUT2D eigenvalue weighted by Crippen LogP contribution is -2.13. The number of hydrogen-bond acceptors (Lipinski definition) is 6. The van der Waals surface area contributed by atoms with Crippen LogP contribution in [0.5, 0.6) is 5.75 Å². The van der Waals surface area contributed by atoms with Crippen LogP contribution in [0.15, 0.2) is 53.7 Å². The van der Waals surface area contributed by atoms with Crippen LogP contribution in [-0.4, -0.2) is 37.8 Å².